The topological polar surface area (TPSA) is 50.9 Å². The number of aryl methyl sites for hydroxylation is 1. The number of nitrogens with one attached hydrogen (secondary N) is 1. The Hall–Kier alpha value is -2.17. The van der Waals surface area contributed by atoms with Gasteiger partial charge in [-0.2, -0.15) is 0 Å². The van der Waals surface area contributed by atoms with Crippen molar-refractivity contribution in [2.24, 2.45) is 0 Å². The summed E-state index contributed by atoms with van der Waals surface area (Å²) in [6, 6.07) is 5.47. The predicted molar refractivity (Wildman–Crippen MR) is 67.1 cm³/mol. The molecule has 0 saturated carbocycles. The first kappa shape index (κ1) is 12.3. The first-order valence-corrected chi connectivity index (χ1v) is 5.46. The maximum Gasteiger partial charge on any atom is 0.159 e. The SMILES string of the molecule is Cc1cnc(NCc2ccc(F)c(F)c2)cc1N. The molecule has 1 heterocycles. The van der Waals surface area contributed by atoms with Gasteiger partial charge in [0, 0.05) is 24.5 Å². The molecule has 2 rings (SSSR count). The van der Waals surface area contributed by atoms with Crippen LogP contribution in [0.4, 0.5) is 20.3 Å². The maximum absolute atomic E-state index is 13.0. The molecule has 0 aliphatic heterocycles. The van der Waals surface area contributed by atoms with Crippen LogP contribution in [-0.2, 0) is 6.54 Å². The zero-order valence-electron chi connectivity index (χ0n) is 9.87. The van der Waals surface area contributed by atoms with Crippen LogP contribution >= 0.6 is 0 Å². The Bertz CT molecular complexity index is 519. The third kappa shape index (κ3) is 2.74. The Labute approximate surface area is 104 Å². The van der Waals surface area contributed by atoms with Crippen LogP contribution in [0.15, 0.2) is 30.5 Å². The van der Waals surface area contributed by atoms with E-state index < -0.39 is 11.6 Å². The highest BCUT2D eigenvalue weighted by Gasteiger charge is 2.03. The highest BCUT2D eigenvalue weighted by atomic mass is 19.2. The number of pyridine rings is 1. The normalized spacial score (nSPS) is 10.4. The number of nitrogens with two attached hydrogens (primary N) is 1. The molecule has 0 unspecified atom stereocenters. The third-order valence-electron chi connectivity index (χ3n) is 2.60. The summed E-state index contributed by atoms with van der Waals surface area (Å²) < 4.78 is 25.7. The largest absolute Gasteiger partial charge is 0.398 e. The molecule has 3 N–H and O–H groups in total. The fourth-order valence-electron chi connectivity index (χ4n) is 1.48. The van der Waals surface area contributed by atoms with Crippen LogP contribution in [0.1, 0.15) is 11.1 Å². The van der Waals surface area contributed by atoms with Crippen molar-refractivity contribution in [1.82, 2.24) is 4.98 Å². The lowest BCUT2D eigenvalue weighted by molar-refractivity contribution is 0.507. The molecule has 0 aliphatic rings. The number of aromatic nitrogens is 1. The standard InChI is InChI=1S/C13H13F2N3/c1-8-6-17-13(5-12(8)16)18-7-9-2-3-10(14)11(15)4-9/h2-6H,7H2,1H3,(H3,16,17,18). The summed E-state index contributed by atoms with van der Waals surface area (Å²) in [6.45, 7) is 2.22. The van der Waals surface area contributed by atoms with Crippen LogP contribution in [-0.4, -0.2) is 4.98 Å². The Morgan fingerprint density at radius 3 is 2.67 bits per heavy atom. The van der Waals surface area contributed by atoms with E-state index in [1.165, 1.54) is 6.07 Å². The molecule has 0 amide bonds. The van der Waals surface area contributed by atoms with Crippen LogP contribution in [0.25, 0.3) is 0 Å². The smallest absolute Gasteiger partial charge is 0.159 e. The van der Waals surface area contributed by atoms with Crippen LogP contribution in [0.2, 0.25) is 0 Å². The lowest BCUT2D eigenvalue weighted by Gasteiger charge is -2.08. The summed E-state index contributed by atoms with van der Waals surface area (Å²) in [5.41, 5.74) is 7.91. The molecule has 3 nitrogen and oxygen atoms in total. The molecule has 0 aliphatic carbocycles. The highest BCUT2D eigenvalue weighted by molar-refractivity contribution is 5.53. The van der Waals surface area contributed by atoms with Gasteiger partial charge in [0.05, 0.1) is 0 Å². The predicted octanol–water partition coefficient (Wildman–Crippen LogP) is 2.86. The van der Waals surface area contributed by atoms with E-state index in [4.69, 9.17) is 5.73 Å². The van der Waals surface area contributed by atoms with Gasteiger partial charge in [-0.1, -0.05) is 6.07 Å². The molecule has 94 valence electrons. The van der Waals surface area contributed by atoms with Crippen LogP contribution in [0.3, 0.4) is 0 Å². The highest BCUT2D eigenvalue weighted by Crippen LogP contribution is 2.15. The monoisotopic (exact) mass is 249 g/mol. The molecule has 1 aromatic heterocycles. The minimum Gasteiger partial charge on any atom is -0.398 e. The first-order valence-electron chi connectivity index (χ1n) is 5.46. The molecule has 2 aromatic rings. The Balaban J connectivity index is 2.06. The number of hydrogen-bond acceptors (Lipinski definition) is 3. The van der Waals surface area contributed by atoms with Crippen molar-refractivity contribution >= 4 is 11.5 Å². The summed E-state index contributed by atoms with van der Waals surface area (Å²) in [5, 5.41) is 3.00. The van der Waals surface area contributed by atoms with Crippen molar-refractivity contribution in [3.63, 3.8) is 0 Å². The van der Waals surface area contributed by atoms with E-state index in [1.807, 2.05) is 6.92 Å². The Morgan fingerprint density at radius 1 is 1.22 bits per heavy atom. The van der Waals surface area contributed by atoms with Gasteiger partial charge in [0.1, 0.15) is 5.82 Å². The van der Waals surface area contributed by atoms with Crippen molar-refractivity contribution in [3.8, 4) is 0 Å². The summed E-state index contributed by atoms with van der Waals surface area (Å²) >= 11 is 0. The molecule has 1 aromatic carbocycles. The van der Waals surface area contributed by atoms with Gasteiger partial charge in [-0.25, -0.2) is 13.8 Å². The van der Waals surface area contributed by atoms with Gasteiger partial charge in [0.25, 0.3) is 0 Å². The number of nitrogen functional groups attached to an aromatic ring is 1. The minimum absolute atomic E-state index is 0.354. The van der Waals surface area contributed by atoms with Gasteiger partial charge in [0.15, 0.2) is 11.6 Å². The second-order valence-electron chi connectivity index (χ2n) is 4.03. The lowest BCUT2D eigenvalue weighted by Crippen LogP contribution is -2.03. The van der Waals surface area contributed by atoms with E-state index in [0.717, 1.165) is 17.7 Å². The number of hydrogen-bond donors (Lipinski definition) is 2. The third-order valence-corrected chi connectivity index (χ3v) is 2.60. The van der Waals surface area contributed by atoms with Crippen molar-refractivity contribution in [2.45, 2.75) is 13.5 Å². The molecule has 0 bridgehead atoms. The molecule has 0 saturated heterocycles. The van der Waals surface area contributed by atoms with Gasteiger partial charge in [-0.3, -0.25) is 0 Å². The molecule has 18 heavy (non-hydrogen) atoms. The van der Waals surface area contributed by atoms with E-state index in [-0.39, 0.29) is 0 Å². The first-order chi connectivity index (χ1) is 8.56. The summed E-state index contributed by atoms with van der Waals surface area (Å²) in [4.78, 5) is 4.14. The van der Waals surface area contributed by atoms with E-state index in [2.05, 4.69) is 10.3 Å². The van der Waals surface area contributed by atoms with E-state index >= 15 is 0 Å². The fraction of sp³-hybridized carbons (Fsp3) is 0.154. The average Bonchev–Trinajstić information content (AvgIpc) is 2.35. The van der Waals surface area contributed by atoms with E-state index in [1.54, 1.807) is 12.3 Å². The van der Waals surface area contributed by atoms with Crippen molar-refractivity contribution < 1.29 is 8.78 Å². The van der Waals surface area contributed by atoms with Gasteiger partial charge >= 0.3 is 0 Å². The van der Waals surface area contributed by atoms with Gasteiger partial charge in [-0.15, -0.1) is 0 Å². The molecule has 0 spiro atoms. The molecular weight excluding hydrogens is 236 g/mol. The molecule has 0 atom stereocenters. The summed E-state index contributed by atoms with van der Waals surface area (Å²) in [7, 11) is 0. The van der Waals surface area contributed by atoms with Crippen LogP contribution in [0.5, 0.6) is 0 Å². The average molecular weight is 249 g/mol. The minimum atomic E-state index is -0.856. The van der Waals surface area contributed by atoms with E-state index in [0.29, 0.717) is 23.6 Å². The molecule has 0 radical (unpaired) electrons. The number of anilines is 2. The summed E-state index contributed by atoms with van der Waals surface area (Å²) in [5.74, 6) is -1.11. The van der Waals surface area contributed by atoms with Gasteiger partial charge in [-0.05, 0) is 30.2 Å². The van der Waals surface area contributed by atoms with Crippen molar-refractivity contribution in [3.05, 3.63) is 53.2 Å². The molecule has 0 fully saturated rings. The number of nitrogens with zero attached hydrogens (tertiary/aromatic N) is 1. The number of halogens is 2. The second-order valence-corrected chi connectivity index (χ2v) is 4.03. The van der Waals surface area contributed by atoms with Crippen molar-refractivity contribution in [2.75, 3.05) is 11.1 Å². The van der Waals surface area contributed by atoms with Gasteiger partial charge < -0.3 is 11.1 Å². The van der Waals surface area contributed by atoms with Crippen molar-refractivity contribution in [1.29, 1.82) is 0 Å². The number of rotatable bonds is 3. The summed E-state index contributed by atoms with van der Waals surface area (Å²) in [6.07, 6.45) is 1.66. The second kappa shape index (κ2) is 5.00. The molecule has 5 heteroatoms. The van der Waals surface area contributed by atoms with E-state index in [9.17, 15) is 8.78 Å². The Morgan fingerprint density at radius 2 is 2.00 bits per heavy atom. The molecular formula is C13H13F2N3. The maximum atomic E-state index is 13.0. The number of benzene rings is 1. The quantitative estimate of drug-likeness (QED) is 0.879. The lowest BCUT2D eigenvalue weighted by atomic mass is 10.2. The van der Waals surface area contributed by atoms with Crippen LogP contribution in [0, 0.1) is 18.6 Å². The zero-order chi connectivity index (χ0) is 13.1. The zero-order valence-corrected chi connectivity index (χ0v) is 9.87. The fourth-order valence-corrected chi connectivity index (χ4v) is 1.48. The Kier molecular flexibility index (Phi) is 3.41. The van der Waals surface area contributed by atoms with Crippen LogP contribution < -0.4 is 11.1 Å². The van der Waals surface area contributed by atoms with Gasteiger partial charge in [0.2, 0.25) is 0 Å².